The van der Waals surface area contributed by atoms with Crippen molar-refractivity contribution in [3.8, 4) is 0 Å². The van der Waals surface area contributed by atoms with E-state index in [0.29, 0.717) is 17.8 Å². The molecule has 1 fully saturated rings. The Morgan fingerprint density at radius 3 is 2.71 bits per heavy atom. The smallest absolute Gasteiger partial charge is 0.227 e. The molecule has 112 valence electrons. The second-order valence-electron chi connectivity index (χ2n) is 5.41. The second kappa shape index (κ2) is 6.67. The number of rotatable bonds is 5. The zero-order valence-electron chi connectivity index (χ0n) is 12.3. The fourth-order valence-corrected chi connectivity index (χ4v) is 2.72. The molecule has 0 aliphatic carbocycles. The first-order valence-corrected chi connectivity index (χ1v) is 7.49. The van der Waals surface area contributed by atoms with Crippen LogP contribution in [0.4, 0.5) is 5.69 Å². The maximum absolute atomic E-state index is 5.11. The minimum absolute atomic E-state index is 0.576. The summed E-state index contributed by atoms with van der Waals surface area (Å²) >= 11 is 0. The average molecular weight is 287 g/mol. The number of aromatic nitrogens is 3. The van der Waals surface area contributed by atoms with Gasteiger partial charge in [-0.05, 0) is 31.9 Å². The van der Waals surface area contributed by atoms with Gasteiger partial charge in [0, 0.05) is 50.2 Å². The van der Waals surface area contributed by atoms with Crippen molar-refractivity contribution in [3.63, 3.8) is 0 Å². The van der Waals surface area contributed by atoms with E-state index in [1.54, 1.807) is 0 Å². The molecule has 0 bridgehead atoms. The summed E-state index contributed by atoms with van der Waals surface area (Å²) < 4.78 is 5.11. The van der Waals surface area contributed by atoms with Gasteiger partial charge >= 0.3 is 0 Å². The Bertz CT molecular complexity index is 548. The Kier molecular flexibility index (Phi) is 4.45. The molecule has 1 aliphatic rings. The minimum atomic E-state index is 0.576. The van der Waals surface area contributed by atoms with Gasteiger partial charge in [0.25, 0.3) is 0 Å². The van der Waals surface area contributed by atoms with Crippen LogP contribution in [0.25, 0.3) is 0 Å². The standard InChI is InChI=1S/C15H21N5O/c1-12-18-15(21-19-12)4-9-17-13-5-10-20(11-6-13)14-2-7-16-8-3-14/h2-3,7-8,13,17H,4-6,9-11H2,1H3. The van der Waals surface area contributed by atoms with Crippen LogP contribution in [0.5, 0.6) is 0 Å². The minimum Gasteiger partial charge on any atom is -0.371 e. The van der Waals surface area contributed by atoms with Gasteiger partial charge in [-0.2, -0.15) is 4.98 Å². The number of anilines is 1. The molecule has 0 unspecified atom stereocenters. The molecule has 6 nitrogen and oxygen atoms in total. The van der Waals surface area contributed by atoms with E-state index in [0.717, 1.165) is 38.9 Å². The molecule has 0 aromatic carbocycles. The first kappa shape index (κ1) is 14.0. The number of nitrogens with one attached hydrogen (secondary N) is 1. The van der Waals surface area contributed by atoms with Crippen molar-refractivity contribution in [2.75, 3.05) is 24.5 Å². The number of piperidine rings is 1. The Morgan fingerprint density at radius 1 is 1.29 bits per heavy atom. The van der Waals surface area contributed by atoms with E-state index in [1.165, 1.54) is 5.69 Å². The predicted molar refractivity (Wildman–Crippen MR) is 80.2 cm³/mol. The largest absolute Gasteiger partial charge is 0.371 e. The van der Waals surface area contributed by atoms with Gasteiger partial charge in [0.2, 0.25) is 5.89 Å². The highest BCUT2D eigenvalue weighted by Gasteiger charge is 2.18. The SMILES string of the molecule is Cc1noc(CCNC2CCN(c3ccncc3)CC2)n1. The fraction of sp³-hybridized carbons (Fsp3) is 0.533. The molecule has 1 saturated heterocycles. The highest BCUT2D eigenvalue weighted by Crippen LogP contribution is 2.18. The topological polar surface area (TPSA) is 67.1 Å². The van der Waals surface area contributed by atoms with Crippen LogP contribution in [0, 0.1) is 6.92 Å². The van der Waals surface area contributed by atoms with Crippen molar-refractivity contribution in [1.29, 1.82) is 0 Å². The van der Waals surface area contributed by atoms with Crippen LogP contribution in [-0.4, -0.2) is 40.8 Å². The summed E-state index contributed by atoms with van der Waals surface area (Å²) in [5.74, 6) is 1.42. The lowest BCUT2D eigenvalue weighted by Crippen LogP contribution is -2.43. The number of pyridine rings is 1. The molecule has 21 heavy (non-hydrogen) atoms. The van der Waals surface area contributed by atoms with Crippen molar-refractivity contribution < 1.29 is 4.52 Å². The molecule has 2 aromatic rings. The van der Waals surface area contributed by atoms with Crippen LogP contribution in [-0.2, 0) is 6.42 Å². The summed E-state index contributed by atoms with van der Waals surface area (Å²) in [4.78, 5) is 10.7. The molecule has 0 radical (unpaired) electrons. The maximum Gasteiger partial charge on any atom is 0.227 e. The Morgan fingerprint density at radius 2 is 2.05 bits per heavy atom. The highest BCUT2D eigenvalue weighted by molar-refractivity contribution is 5.44. The van der Waals surface area contributed by atoms with Crippen LogP contribution in [0.2, 0.25) is 0 Å². The van der Waals surface area contributed by atoms with Crippen molar-refractivity contribution in [3.05, 3.63) is 36.2 Å². The van der Waals surface area contributed by atoms with E-state index in [2.05, 4.69) is 37.5 Å². The monoisotopic (exact) mass is 287 g/mol. The lowest BCUT2D eigenvalue weighted by atomic mass is 10.0. The number of aryl methyl sites for hydroxylation is 1. The van der Waals surface area contributed by atoms with E-state index in [1.807, 2.05) is 19.3 Å². The van der Waals surface area contributed by atoms with Gasteiger partial charge in [0.1, 0.15) is 0 Å². The van der Waals surface area contributed by atoms with Gasteiger partial charge in [-0.25, -0.2) is 0 Å². The molecule has 3 rings (SSSR count). The summed E-state index contributed by atoms with van der Waals surface area (Å²) in [6.45, 7) is 4.90. The number of nitrogens with zero attached hydrogens (tertiary/aromatic N) is 4. The summed E-state index contributed by atoms with van der Waals surface area (Å²) in [5.41, 5.74) is 1.27. The summed E-state index contributed by atoms with van der Waals surface area (Å²) in [7, 11) is 0. The van der Waals surface area contributed by atoms with Crippen LogP contribution < -0.4 is 10.2 Å². The third-order valence-electron chi connectivity index (χ3n) is 3.86. The van der Waals surface area contributed by atoms with E-state index in [9.17, 15) is 0 Å². The van der Waals surface area contributed by atoms with Gasteiger partial charge < -0.3 is 14.7 Å². The quantitative estimate of drug-likeness (QED) is 0.900. The fourth-order valence-electron chi connectivity index (χ4n) is 2.72. The lowest BCUT2D eigenvalue weighted by Gasteiger charge is -2.34. The van der Waals surface area contributed by atoms with E-state index >= 15 is 0 Å². The van der Waals surface area contributed by atoms with E-state index < -0.39 is 0 Å². The zero-order valence-corrected chi connectivity index (χ0v) is 12.3. The molecule has 6 heteroatoms. The van der Waals surface area contributed by atoms with Gasteiger partial charge in [0.15, 0.2) is 5.82 Å². The van der Waals surface area contributed by atoms with Gasteiger partial charge in [-0.1, -0.05) is 5.16 Å². The van der Waals surface area contributed by atoms with Crippen molar-refractivity contribution in [2.45, 2.75) is 32.2 Å². The summed E-state index contributed by atoms with van der Waals surface area (Å²) in [6.07, 6.45) is 6.82. The molecule has 0 atom stereocenters. The normalized spacial score (nSPS) is 16.3. The van der Waals surface area contributed by atoms with Gasteiger partial charge in [-0.15, -0.1) is 0 Å². The van der Waals surface area contributed by atoms with Crippen molar-refractivity contribution in [2.24, 2.45) is 0 Å². The van der Waals surface area contributed by atoms with E-state index in [-0.39, 0.29) is 0 Å². The molecule has 2 aromatic heterocycles. The van der Waals surface area contributed by atoms with Crippen molar-refractivity contribution >= 4 is 5.69 Å². The number of hydrogen-bond acceptors (Lipinski definition) is 6. The Labute approximate surface area is 124 Å². The molecule has 0 spiro atoms. The van der Waals surface area contributed by atoms with Crippen molar-refractivity contribution in [1.82, 2.24) is 20.4 Å². The summed E-state index contributed by atoms with van der Waals surface area (Å²) in [6, 6.07) is 4.73. The number of hydrogen-bond donors (Lipinski definition) is 1. The molecule has 3 heterocycles. The van der Waals surface area contributed by atoms with Gasteiger partial charge in [0.05, 0.1) is 0 Å². The Hall–Kier alpha value is -1.95. The maximum atomic E-state index is 5.11. The predicted octanol–water partition coefficient (Wildman–Crippen LogP) is 1.57. The molecule has 0 saturated carbocycles. The van der Waals surface area contributed by atoms with Gasteiger partial charge in [-0.3, -0.25) is 4.98 Å². The molecule has 1 N–H and O–H groups in total. The third-order valence-corrected chi connectivity index (χ3v) is 3.86. The zero-order chi connectivity index (χ0) is 14.5. The molecular weight excluding hydrogens is 266 g/mol. The highest BCUT2D eigenvalue weighted by atomic mass is 16.5. The third kappa shape index (κ3) is 3.78. The van der Waals surface area contributed by atoms with Crippen LogP contribution in [0.3, 0.4) is 0 Å². The van der Waals surface area contributed by atoms with Crippen LogP contribution >= 0.6 is 0 Å². The Balaban J connectivity index is 1.40. The lowest BCUT2D eigenvalue weighted by molar-refractivity contribution is 0.361. The van der Waals surface area contributed by atoms with E-state index in [4.69, 9.17) is 4.52 Å². The first-order valence-electron chi connectivity index (χ1n) is 7.49. The first-order chi connectivity index (χ1) is 10.3. The average Bonchev–Trinajstić information content (AvgIpc) is 2.94. The molecular formula is C15H21N5O. The molecule has 1 aliphatic heterocycles. The summed E-state index contributed by atoms with van der Waals surface area (Å²) in [5, 5.41) is 7.38. The molecule has 0 amide bonds. The second-order valence-corrected chi connectivity index (χ2v) is 5.41. The van der Waals surface area contributed by atoms with Crippen LogP contribution in [0.1, 0.15) is 24.6 Å². The van der Waals surface area contributed by atoms with Crippen LogP contribution in [0.15, 0.2) is 29.0 Å².